The van der Waals surface area contributed by atoms with Gasteiger partial charge in [-0.2, -0.15) is 0 Å². The Balaban J connectivity index is 2.47. The fourth-order valence-electron chi connectivity index (χ4n) is 1.85. The van der Waals surface area contributed by atoms with E-state index in [4.69, 9.17) is 5.11 Å². The summed E-state index contributed by atoms with van der Waals surface area (Å²) in [5.74, 6) is -0.239. The Hall–Kier alpha value is -1.49. The molecule has 0 aliphatic rings. The molecule has 1 aromatic rings. The van der Waals surface area contributed by atoms with E-state index in [-0.39, 0.29) is 17.1 Å². The highest BCUT2D eigenvalue weighted by molar-refractivity contribution is 7.99. The summed E-state index contributed by atoms with van der Waals surface area (Å²) >= 11 is 1.51. The maximum Gasteiger partial charge on any atom is 0.326 e. The van der Waals surface area contributed by atoms with Crippen molar-refractivity contribution in [2.24, 2.45) is 5.92 Å². The molecule has 116 valence electrons. The summed E-state index contributed by atoms with van der Waals surface area (Å²) in [6.45, 7) is 5.68. The monoisotopic (exact) mass is 309 g/mol. The summed E-state index contributed by atoms with van der Waals surface area (Å²) in [6.07, 6.45) is 0.442. The Morgan fingerprint density at radius 1 is 1.19 bits per heavy atom. The van der Waals surface area contributed by atoms with Gasteiger partial charge in [0.15, 0.2) is 0 Å². The number of benzene rings is 1. The molecule has 0 saturated carbocycles. The number of hydrogen-bond acceptors (Lipinski definition) is 3. The first-order chi connectivity index (χ1) is 9.90. The molecule has 1 amide bonds. The number of nitrogens with one attached hydrogen (secondary N) is 1. The van der Waals surface area contributed by atoms with Gasteiger partial charge in [-0.1, -0.05) is 44.2 Å². The number of aliphatic carboxylic acids is 1. The second kappa shape index (κ2) is 8.72. The predicted octanol–water partition coefficient (Wildman–Crippen LogP) is 2.92. The smallest absolute Gasteiger partial charge is 0.326 e. The van der Waals surface area contributed by atoms with Gasteiger partial charge < -0.3 is 10.4 Å². The number of thioether (sulfide) groups is 1. The lowest BCUT2D eigenvalue weighted by Crippen LogP contribution is -2.44. The first-order valence-corrected chi connectivity index (χ1v) is 8.13. The minimum atomic E-state index is -0.975. The number of carboxylic acids is 1. The lowest BCUT2D eigenvalue weighted by atomic mass is 10.0. The Kier molecular flexibility index (Phi) is 7.29. The van der Waals surface area contributed by atoms with Crippen LogP contribution in [-0.4, -0.2) is 28.3 Å². The van der Waals surface area contributed by atoms with Crippen LogP contribution < -0.4 is 5.32 Å². The lowest BCUT2D eigenvalue weighted by Gasteiger charge is -2.19. The molecule has 0 radical (unpaired) electrons. The maximum atomic E-state index is 12.1. The minimum absolute atomic E-state index is 0.219. The standard InChI is InChI=1S/C16H23NO3S/c1-11(2)9-14(16(19)20)17-15(18)12(3)21-10-13-7-5-4-6-8-13/h4-8,11-12,14H,9-10H2,1-3H3,(H,17,18)(H,19,20). The molecule has 0 spiro atoms. The molecule has 2 atom stereocenters. The zero-order chi connectivity index (χ0) is 15.8. The molecule has 0 heterocycles. The van der Waals surface area contributed by atoms with Gasteiger partial charge in [-0.15, -0.1) is 11.8 Å². The molecule has 5 heteroatoms. The molecule has 0 aliphatic carbocycles. The molecule has 0 aromatic heterocycles. The third kappa shape index (κ3) is 6.67. The third-order valence-electron chi connectivity index (χ3n) is 3.03. The molecule has 1 aromatic carbocycles. The van der Waals surface area contributed by atoms with Gasteiger partial charge in [0.25, 0.3) is 0 Å². The Labute approximate surface area is 130 Å². The number of carbonyl (C=O) groups excluding carboxylic acids is 1. The van der Waals surface area contributed by atoms with E-state index in [1.807, 2.05) is 44.2 Å². The van der Waals surface area contributed by atoms with Crippen molar-refractivity contribution in [2.75, 3.05) is 0 Å². The molecule has 0 saturated heterocycles. The van der Waals surface area contributed by atoms with Gasteiger partial charge in [-0.3, -0.25) is 4.79 Å². The largest absolute Gasteiger partial charge is 0.480 e. The summed E-state index contributed by atoms with van der Waals surface area (Å²) in [4.78, 5) is 23.2. The van der Waals surface area contributed by atoms with Crippen molar-refractivity contribution >= 4 is 23.6 Å². The van der Waals surface area contributed by atoms with Crippen LogP contribution in [0, 0.1) is 5.92 Å². The Morgan fingerprint density at radius 3 is 2.33 bits per heavy atom. The molecular weight excluding hydrogens is 286 g/mol. The molecule has 4 nitrogen and oxygen atoms in total. The van der Waals surface area contributed by atoms with Crippen molar-refractivity contribution in [3.05, 3.63) is 35.9 Å². The Bertz CT molecular complexity index is 462. The fourth-order valence-corrected chi connectivity index (χ4v) is 2.71. The van der Waals surface area contributed by atoms with Crippen LogP contribution in [0.15, 0.2) is 30.3 Å². The van der Waals surface area contributed by atoms with Crippen LogP contribution in [0.25, 0.3) is 0 Å². The van der Waals surface area contributed by atoms with E-state index in [9.17, 15) is 9.59 Å². The van der Waals surface area contributed by atoms with Crippen LogP contribution in [0.2, 0.25) is 0 Å². The van der Waals surface area contributed by atoms with Gasteiger partial charge in [-0.25, -0.2) is 4.79 Å². The quantitative estimate of drug-likeness (QED) is 0.775. The molecule has 21 heavy (non-hydrogen) atoms. The van der Waals surface area contributed by atoms with Crippen molar-refractivity contribution in [3.8, 4) is 0 Å². The van der Waals surface area contributed by atoms with Crippen molar-refractivity contribution in [2.45, 2.75) is 44.2 Å². The number of carbonyl (C=O) groups is 2. The summed E-state index contributed by atoms with van der Waals surface area (Å²) in [5.41, 5.74) is 1.15. The summed E-state index contributed by atoms with van der Waals surface area (Å²) < 4.78 is 0. The SMILES string of the molecule is CC(C)CC(NC(=O)C(C)SCc1ccccc1)C(=O)O. The van der Waals surface area contributed by atoms with Crippen LogP contribution >= 0.6 is 11.8 Å². The van der Waals surface area contributed by atoms with Crippen molar-refractivity contribution < 1.29 is 14.7 Å². The average Bonchev–Trinajstić information content (AvgIpc) is 2.44. The summed E-state index contributed by atoms with van der Waals surface area (Å²) in [5, 5.41) is 11.5. The number of carboxylic acid groups (broad SMARTS) is 1. The minimum Gasteiger partial charge on any atom is -0.480 e. The van der Waals surface area contributed by atoms with Crippen molar-refractivity contribution in [1.82, 2.24) is 5.32 Å². The highest BCUT2D eigenvalue weighted by atomic mass is 32.2. The van der Waals surface area contributed by atoms with Gasteiger partial charge in [0.2, 0.25) is 5.91 Å². The van der Waals surface area contributed by atoms with E-state index in [0.29, 0.717) is 6.42 Å². The molecule has 2 N–H and O–H groups in total. The van der Waals surface area contributed by atoms with Gasteiger partial charge in [-0.05, 0) is 24.8 Å². The van der Waals surface area contributed by atoms with E-state index in [2.05, 4.69) is 5.32 Å². The normalized spacial score (nSPS) is 13.7. The zero-order valence-corrected chi connectivity index (χ0v) is 13.5. The lowest BCUT2D eigenvalue weighted by molar-refractivity contribution is -0.142. The summed E-state index contributed by atoms with van der Waals surface area (Å²) in [6, 6.07) is 9.09. The van der Waals surface area contributed by atoms with Crippen molar-refractivity contribution in [1.29, 1.82) is 0 Å². The first kappa shape index (κ1) is 17.6. The Morgan fingerprint density at radius 2 is 1.81 bits per heavy atom. The van der Waals surface area contributed by atoms with Gasteiger partial charge in [0, 0.05) is 5.75 Å². The molecule has 0 fully saturated rings. The van der Waals surface area contributed by atoms with E-state index < -0.39 is 12.0 Å². The summed E-state index contributed by atoms with van der Waals surface area (Å²) in [7, 11) is 0. The second-order valence-corrected chi connectivity index (χ2v) is 6.80. The molecule has 0 aliphatic heterocycles. The van der Waals surface area contributed by atoms with Crippen LogP contribution in [0.1, 0.15) is 32.8 Å². The van der Waals surface area contributed by atoms with Crippen molar-refractivity contribution in [3.63, 3.8) is 0 Å². The van der Waals surface area contributed by atoms with E-state index in [1.165, 1.54) is 11.8 Å². The first-order valence-electron chi connectivity index (χ1n) is 7.09. The molecule has 0 bridgehead atoms. The van der Waals surface area contributed by atoms with Gasteiger partial charge in [0.05, 0.1) is 5.25 Å². The van der Waals surface area contributed by atoms with Gasteiger partial charge >= 0.3 is 5.97 Å². The number of amides is 1. The highest BCUT2D eigenvalue weighted by Crippen LogP contribution is 2.18. The van der Waals surface area contributed by atoms with Gasteiger partial charge in [0.1, 0.15) is 6.04 Å². The van der Waals surface area contributed by atoms with E-state index >= 15 is 0 Å². The zero-order valence-electron chi connectivity index (χ0n) is 12.7. The number of hydrogen-bond donors (Lipinski definition) is 2. The molecule has 2 unspecified atom stereocenters. The highest BCUT2D eigenvalue weighted by Gasteiger charge is 2.23. The topological polar surface area (TPSA) is 66.4 Å². The van der Waals surface area contributed by atoms with Crippen LogP contribution in [0.3, 0.4) is 0 Å². The van der Waals surface area contributed by atoms with E-state index in [0.717, 1.165) is 11.3 Å². The molecular formula is C16H23NO3S. The van der Waals surface area contributed by atoms with E-state index in [1.54, 1.807) is 6.92 Å². The number of rotatable bonds is 8. The predicted molar refractivity (Wildman–Crippen MR) is 86.2 cm³/mol. The third-order valence-corrected chi connectivity index (χ3v) is 4.25. The fraction of sp³-hybridized carbons (Fsp3) is 0.500. The average molecular weight is 309 g/mol. The van der Waals surface area contributed by atoms with Crippen LogP contribution in [-0.2, 0) is 15.3 Å². The molecule has 1 rings (SSSR count). The van der Waals surface area contributed by atoms with Crippen LogP contribution in [0.5, 0.6) is 0 Å². The second-order valence-electron chi connectivity index (χ2n) is 5.47. The maximum absolute atomic E-state index is 12.1. The van der Waals surface area contributed by atoms with Crippen LogP contribution in [0.4, 0.5) is 0 Å².